The number of halogens is 6. The van der Waals surface area contributed by atoms with E-state index in [4.69, 9.17) is 0 Å². The van der Waals surface area contributed by atoms with E-state index in [1.807, 2.05) is 0 Å². The van der Waals surface area contributed by atoms with Gasteiger partial charge < -0.3 is 4.74 Å². The highest BCUT2D eigenvalue weighted by atomic mass is 19.2. The maximum Gasteiger partial charge on any atom is 0.255 e. The molecule has 0 unspecified atom stereocenters. The molecule has 0 bridgehead atoms. The van der Waals surface area contributed by atoms with Gasteiger partial charge in [-0.3, -0.25) is 0 Å². The van der Waals surface area contributed by atoms with Crippen molar-refractivity contribution in [1.29, 1.82) is 0 Å². The smallest absolute Gasteiger partial charge is 0.255 e. The van der Waals surface area contributed by atoms with E-state index in [9.17, 15) is 26.3 Å². The monoisotopic (exact) mass is 279 g/mol. The van der Waals surface area contributed by atoms with Crippen LogP contribution in [0.15, 0.2) is 18.2 Å². The lowest BCUT2D eigenvalue weighted by Gasteiger charge is -2.09. The maximum atomic E-state index is 13.2. The molecule has 0 amide bonds. The lowest BCUT2D eigenvalue weighted by molar-refractivity contribution is 0.334. The Balaban J connectivity index is 2.52. The van der Waals surface area contributed by atoms with Crippen molar-refractivity contribution in [2.45, 2.75) is 0 Å². The summed E-state index contributed by atoms with van der Waals surface area (Å²) in [7, 11) is 0. The van der Waals surface area contributed by atoms with Crippen LogP contribution in [-0.2, 0) is 0 Å². The molecule has 2 aromatic rings. The summed E-state index contributed by atoms with van der Waals surface area (Å²) in [6.07, 6.45) is 0. The second-order valence-electron chi connectivity index (χ2n) is 3.33. The van der Waals surface area contributed by atoms with Crippen LogP contribution in [0.5, 0.6) is 11.5 Å². The van der Waals surface area contributed by atoms with Crippen molar-refractivity contribution in [2.24, 2.45) is 0 Å². The molecule has 2 rings (SSSR count). The van der Waals surface area contributed by atoms with E-state index in [0.29, 0.717) is 12.1 Å². The first kappa shape index (κ1) is 13.2. The Morgan fingerprint density at radius 1 is 0.842 bits per heavy atom. The molecule has 1 aromatic carbocycles. The molecule has 2 nitrogen and oxygen atoms in total. The average Bonchev–Trinajstić information content (AvgIpc) is 2.36. The number of benzene rings is 1. The van der Waals surface area contributed by atoms with Crippen LogP contribution in [0.1, 0.15) is 0 Å². The molecule has 100 valence electrons. The average molecular weight is 279 g/mol. The molecule has 0 atom stereocenters. The van der Waals surface area contributed by atoms with Gasteiger partial charge in [0.15, 0.2) is 11.6 Å². The summed E-state index contributed by atoms with van der Waals surface area (Å²) in [6.45, 7) is 0. The zero-order chi connectivity index (χ0) is 14.2. The minimum absolute atomic E-state index is 0.463. The van der Waals surface area contributed by atoms with Gasteiger partial charge in [-0.1, -0.05) is 0 Å². The summed E-state index contributed by atoms with van der Waals surface area (Å²) in [4.78, 5) is 2.28. The van der Waals surface area contributed by atoms with Crippen molar-refractivity contribution in [3.05, 3.63) is 53.4 Å². The number of rotatable bonds is 2. The molecule has 0 aliphatic heterocycles. The SMILES string of the molecule is Fc1ccc(F)c(Oc2c(F)c(F)nc(F)c2F)c1. The van der Waals surface area contributed by atoms with Crippen molar-refractivity contribution in [2.75, 3.05) is 0 Å². The minimum atomic E-state index is -1.97. The summed E-state index contributed by atoms with van der Waals surface area (Å²) >= 11 is 0. The first-order chi connectivity index (χ1) is 8.90. The summed E-state index contributed by atoms with van der Waals surface area (Å²) in [5.41, 5.74) is 0. The second kappa shape index (κ2) is 4.79. The van der Waals surface area contributed by atoms with E-state index in [1.54, 1.807) is 0 Å². The fraction of sp³-hybridized carbons (Fsp3) is 0. The van der Waals surface area contributed by atoms with Gasteiger partial charge in [-0.05, 0) is 12.1 Å². The Labute approximate surface area is 102 Å². The lowest BCUT2D eigenvalue weighted by atomic mass is 10.3. The molecule has 0 saturated carbocycles. The van der Waals surface area contributed by atoms with E-state index < -0.39 is 46.7 Å². The normalized spacial score (nSPS) is 10.6. The van der Waals surface area contributed by atoms with Gasteiger partial charge >= 0.3 is 0 Å². The summed E-state index contributed by atoms with van der Waals surface area (Å²) in [5.74, 6) is -12.5. The van der Waals surface area contributed by atoms with Gasteiger partial charge in [-0.15, -0.1) is 0 Å². The number of ether oxygens (including phenoxy) is 1. The van der Waals surface area contributed by atoms with E-state index in [0.717, 1.165) is 6.07 Å². The predicted octanol–water partition coefficient (Wildman–Crippen LogP) is 3.71. The lowest BCUT2D eigenvalue weighted by Crippen LogP contribution is -2.04. The second-order valence-corrected chi connectivity index (χ2v) is 3.33. The van der Waals surface area contributed by atoms with Crippen molar-refractivity contribution in [3.63, 3.8) is 0 Å². The molecule has 0 fully saturated rings. The highest BCUT2D eigenvalue weighted by Crippen LogP contribution is 2.31. The van der Waals surface area contributed by atoms with E-state index >= 15 is 0 Å². The first-order valence-electron chi connectivity index (χ1n) is 4.73. The Morgan fingerprint density at radius 3 is 2.00 bits per heavy atom. The Hall–Kier alpha value is -2.25. The maximum absolute atomic E-state index is 13.2. The largest absolute Gasteiger partial charge is 0.448 e. The Bertz CT molecular complexity index is 619. The van der Waals surface area contributed by atoms with Crippen LogP contribution in [0.25, 0.3) is 0 Å². The third-order valence-electron chi connectivity index (χ3n) is 2.06. The van der Waals surface area contributed by atoms with Gasteiger partial charge in [0, 0.05) is 6.07 Å². The predicted molar refractivity (Wildman–Crippen MR) is 50.5 cm³/mol. The molecule has 0 spiro atoms. The van der Waals surface area contributed by atoms with E-state index in [1.165, 1.54) is 0 Å². The van der Waals surface area contributed by atoms with Crippen molar-refractivity contribution in [1.82, 2.24) is 4.98 Å². The third-order valence-corrected chi connectivity index (χ3v) is 2.06. The summed E-state index contributed by atoms with van der Waals surface area (Å²) in [6, 6.07) is 1.81. The zero-order valence-corrected chi connectivity index (χ0v) is 8.86. The van der Waals surface area contributed by atoms with Gasteiger partial charge in [-0.2, -0.15) is 22.5 Å². The van der Waals surface area contributed by atoms with Gasteiger partial charge in [0.25, 0.3) is 11.9 Å². The molecule has 0 aliphatic rings. The molecular formula is C11H3F6NO. The highest BCUT2D eigenvalue weighted by molar-refractivity contribution is 5.33. The van der Waals surface area contributed by atoms with Crippen LogP contribution in [0.2, 0.25) is 0 Å². The number of aromatic nitrogens is 1. The number of nitrogens with zero attached hydrogens (tertiary/aromatic N) is 1. The standard InChI is InChI=1S/C11H3F6NO/c12-4-1-2-5(13)6(3-4)19-9-7(14)10(16)18-11(17)8(9)15/h1-3H. The number of pyridine rings is 1. The van der Waals surface area contributed by atoms with E-state index in [-0.39, 0.29) is 0 Å². The van der Waals surface area contributed by atoms with Gasteiger partial charge in [0.05, 0.1) is 0 Å². The summed E-state index contributed by atoms with van der Waals surface area (Å²) in [5, 5.41) is 0. The van der Waals surface area contributed by atoms with Crippen LogP contribution >= 0.6 is 0 Å². The van der Waals surface area contributed by atoms with Crippen LogP contribution in [0, 0.1) is 35.2 Å². The van der Waals surface area contributed by atoms with Crippen molar-refractivity contribution >= 4 is 0 Å². The molecule has 0 aliphatic carbocycles. The Kier molecular flexibility index (Phi) is 3.32. The quantitative estimate of drug-likeness (QED) is 0.617. The van der Waals surface area contributed by atoms with Crippen molar-refractivity contribution < 1.29 is 31.1 Å². The van der Waals surface area contributed by atoms with Crippen molar-refractivity contribution in [3.8, 4) is 11.5 Å². The number of hydrogen-bond acceptors (Lipinski definition) is 2. The van der Waals surface area contributed by atoms with Gasteiger partial charge in [0.1, 0.15) is 5.82 Å². The summed E-state index contributed by atoms with van der Waals surface area (Å²) < 4.78 is 82.2. The third kappa shape index (κ3) is 2.47. The fourth-order valence-electron chi connectivity index (χ4n) is 1.22. The molecule has 8 heteroatoms. The fourth-order valence-corrected chi connectivity index (χ4v) is 1.22. The van der Waals surface area contributed by atoms with Gasteiger partial charge in [-0.25, -0.2) is 8.78 Å². The Morgan fingerprint density at radius 2 is 1.42 bits per heavy atom. The van der Waals surface area contributed by atoms with Gasteiger partial charge in [0.2, 0.25) is 17.4 Å². The molecule has 0 N–H and O–H groups in total. The first-order valence-corrected chi connectivity index (χ1v) is 4.73. The topological polar surface area (TPSA) is 22.1 Å². The van der Waals surface area contributed by atoms with Crippen LogP contribution in [-0.4, -0.2) is 4.98 Å². The van der Waals surface area contributed by atoms with Crippen LogP contribution < -0.4 is 4.74 Å². The highest BCUT2D eigenvalue weighted by Gasteiger charge is 2.23. The van der Waals surface area contributed by atoms with E-state index in [2.05, 4.69) is 9.72 Å². The van der Waals surface area contributed by atoms with Crippen LogP contribution in [0.4, 0.5) is 26.3 Å². The zero-order valence-electron chi connectivity index (χ0n) is 8.86. The molecule has 0 radical (unpaired) electrons. The van der Waals surface area contributed by atoms with Crippen LogP contribution in [0.3, 0.4) is 0 Å². The minimum Gasteiger partial charge on any atom is -0.448 e. The number of hydrogen-bond donors (Lipinski definition) is 0. The molecule has 1 aromatic heterocycles. The molecular weight excluding hydrogens is 276 g/mol. The molecule has 1 heterocycles. The molecule has 19 heavy (non-hydrogen) atoms. The molecule has 0 saturated heterocycles.